The highest BCUT2D eigenvalue weighted by atomic mass is 32.1. The van der Waals surface area contributed by atoms with Gasteiger partial charge in [0.1, 0.15) is 0 Å². The maximum Gasteiger partial charge on any atom is 0.203 e. The van der Waals surface area contributed by atoms with Gasteiger partial charge in [0, 0.05) is 5.38 Å². The molecular formula is C16H21N3O2S. The summed E-state index contributed by atoms with van der Waals surface area (Å²) in [4.78, 5) is 4.29. The van der Waals surface area contributed by atoms with E-state index in [1.54, 1.807) is 6.21 Å². The van der Waals surface area contributed by atoms with Crippen molar-refractivity contribution in [3.63, 3.8) is 0 Å². The molecule has 0 bridgehead atoms. The number of nitrogens with zero attached hydrogens (tertiary/aromatic N) is 2. The van der Waals surface area contributed by atoms with E-state index < -0.39 is 0 Å². The number of rotatable bonds is 8. The molecule has 5 nitrogen and oxygen atoms in total. The predicted molar refractivity (Wildman–Crippen MR) is 91.5 cm³/mol. The van der Waals surface area contributed by atoms with Crippen LogP contribution >= 0.6 is 11.3 Å². The molecule has 0 saturated carbocycles. The Kier molecular flexibility index (Phi) is 6.21. The molecule has 6 heteroatoms. The Hall–Kier alpha value is -2.08. The summed E-state index contributed by atoms with van der Waals surface area (Å²) in [6.45, 7) is 7.26. The second-order valence-corrected chi connectivity index (χ2v) is 5.51. The Labute approximate surface area is 135 Å². The predicted octanol–water partition coefficient (Wildman–Crippen LogP) is 4.09. The summed E-state index contributed by atoms with van der Waals surface area (Å²) in [6, 6.07) is 5.79. The second-order valence-electron chi connectivity index (χ2n) is 4.65. The van der Waals surface area contributed by atoms with Crippen LogP contribution in [0.25, 0.3) is 0 Å². The van der Waals surface area contributed by atoms with Gasteiger partial charge in [0.05, 0.1) is 25.1 Å². The van der Waals surface area contributed by atoms with Crippen molar-refractivity contribution in [3.8, 4) is 11.5 Å². The quantitative estimate of drug-likeness (QED) is 0.588. The van der Waals surface area contributed by atoms with Crippen molar-refractivity contribution in [2.75, 3.05) is 18.6 Å². The molecule has 0 spiro atoms. The minimum atomic E-state index is 0.597. The zero-order valence-electron chi connectivity index (χ0n) is 13.1. The SMILES string of the molecule is CCCOc1ccc(C=NNc2nc(C)cs2)cc1OCC. The zero-order valence-corrected chi connectivity index (χ0v) is 13.9. The van der Waals surface area contributed by atoms with E-state index in [-0.39, 0.29) is 0 Å². The van der Waals surface area contributed by atoms with Gasteiger partial charge in [-0.25, -0.2) is 4.98 Å². The topological polar surface area (TPSA) is 55.7 Å². The summed E-state index contributed by atoms with van der Waals surface area (Å²) >= 11 is 1.53. The van der Waals surface area contributed by atoms with Crippen molar-refractivity contribution < 1.29 is 9.47 Å². The van der Waals surface area contributed by atoms with E-state index in [2.05, 4.69) is 22.4 Å². The van der Waals surface area contributed by atoms with Crippen molar-refractivity contribution in [2.24, 2.45) is 5.10 Å². The molecule has 2 rings (SSSR count). The Morgan fingerprint density at radius 1 is 1.27 bits per heavy atom. The van der Waals surface area contributed by atoms with Crippen LogP contribution in [-0.2, 0) is 0 Å². The molecule has 0 aliphatic carbocycles. The molecular weight excluding hydrogens is 298 g/mol. The van der Waals surface area contributed by atoms with Gasteiger partial charge in [-0.05, 0) is 44.0 Å². The summed E-state index contributed by atoms with van der Waals surface area (Å²) in [6.07, 6.45) is 2.70. The highest BCUT2D eigenvalue weighted by Crippen LogP contribution is 2.28. The molecule has 1 aromatic heterocycles. The first-order chi connectivity index (χ1) is 10.7. The highest BCUT2D eigenvalue weighted by molar-refractivity contribution is 7.13. The lowest BCUT2D eigenvalue weighted by atomic mass is 10.2. The van der Waals surface area contributed by atoms with Crippen LogP contribution in [0.5, 0.6) is 11.5 Å². The molecule has 0 aliphatic rings. The van der Waals surface area contributed by atoms with Gasteiger partial charge in [-0.15, -0.1) is 11.3 Å². The Bertz CT molecular complexity index is 626. The van der Waals surface area contributed by atoms with E-state index in [9.17, 15) is 0 Å². The van der Waals surface area contributed by atoms with Crippen molar-refractivity contribution in [1.82, 2.24) is 4.98 Å². The summed E-state index contributed by atoms with van der Waals surface area (Å²) in [5, 5.41) is 6.95. The second kappa shape index (κ2) is 8.38. The first-order valence-corrected chi connectivity index (χ1v) is 8.21. The number of nitrogens with one attached hydrogen (secondary N) is 1. The molecule has 0 saturated heterocycles. The third kappa shape index (κ3) is 4.73. The molecule has 1 heterocycles. The first kappa shape index (κ1) is 16.3. The fraction of sp³-hybridized carbons (Fsp3) is 0.375. The zero-order chi connectivity index (χ0) is 15.8. The number of hydrogen-bond donors (Lipinski definition) is 1. The molecule has 0 amide bonds. The van der Waals surface area contributed by atoms with Gasteiger partial charge in [-0.2, -0.15) is 5.10 Å². The molecule has 2 aromatic rings. The minimum absolute atomic E-state index is 0.597. The Morgan fingerprint density at radius 3 is 2.82 bits per heavy atom. The van der Waals surface area contributed by atoms with Gasteiger partial charge in [0.2, 0.25) is 5.13 Å². The summed E-state index contributed by atoms with van der Waals surface area (Å²) in [5.41, 5.74) is 4.84. The van der Waals surface area contributed by atoms with Crippen molar-refractivity contribution in [1.29, 1.82) is 0 Å². The maximum atomic E-state index is 5.68. The standard InChI is InChI=1S/C16H21N3O2S/c1-4-8-21-14-7-6-13(9-15(14)20-5-2)10-17-19-16-18-12(3)11-22-16/h6-7,9-11H,4-5,8H2,1-3H3,(H,18,19). The molecule has 0 aliphatic heterocycles. The first-order valence-electron chi connectivity index (χ1n) is 7.33. The van der Waals surface area contributed by atoms with Crippen LogP contribution in [0.1, 0.15) is 31.5 Å². The minimum Gasteiger partial charge on any atom is -0.490 e. The smallest absolute Gasteiger partial charge is 0.203 e. The third-order valence-electron chi connectivity index (χ3n) is 2.72. The number of aryl methyl sites for hydroxylation is 1. The molecule has 0 fully saturated rings. The Balaban J connectivity index is 2.05. The van der Waals surface area contributed by atoms with E-state index in [4.69, 9.17) is 9.47 Å². The fourth-order valence-electron chi connectivity index (χ4n) is 1.77. The van der Waals surface area contributed by atoms with Crippen LogP contribution in [0.2, 0.25) is 0 Å². The molecule has 0 unspecified atom stereocenters. The largest absolute Gasteiger partial charge is 0.490 e. The molecule has 0 atom stereocenters. The summed E-state index contributed by atoms with van der Waals surface area (Å²) < 4.78 is 11.3. The fourth-order valence-corrected chi connectivity index (χ4v) is 2.41. The number of ether oxygens (including phenoxy) is 2. The van der Waals surface area contributed by atoms with Gasteiger partial charge < -0.3 is 9.47 Å². The van der Waals surface area contributed by atoms with E-state index in [1.807, 2.05) is 37.4 Å². The lowest BCUT2D eigenvalue weighted by Crippen LogP contribution is -2.00. The molecule has 1 aromatic carbocycles. The van der Waals surface area contributed by atoms with E-state index >= 15 is 0 Å². The van der Waals surface area contributed by atoms with Crippen LogP contribution in [-0.4, -0.2) is 24.4 Å². The third-order valence-corrected chi connectivity index (χ3v) is 3.59. The van der Waals surface area contributed by atoms with Crippen LogP contribution < -0.4 is 14.9 Å². The molecule has 0 radical (unpaired) electrons. The summed E-state index contributed by atoms with van der Waals surface area (Å²) in [7, 11) is 0. The van der Waals surface area contributed by atoms with Crippen molar-refractivity contribution in [2.45, 2.75) is 27.2 Å². The number of benzene rings is 1. The average Bonchev–Trinajstić information content (AvgIpc) is 2.92. The van der Waals surface area contributed by atoms with Crippen LogP contribution in [0, 0.1) is 6.92 Å². The van der Waals surface area contributed by atoms with Gasteiger partial charge in [0.25, 0.3) is 0 Å². The molecule has 22 heavy (non-hydrogen) atoms. The van der Waals surface area contributed by atoms with E-state index in [0.29, 0.717) is 13.2 Å². The van der Waals surface area contributed by atoms with Crippen molar-refractivity contribution >= 4 is 22.7 Å². The Morgan fingerprint density at radius 2 is 2.14 bits per heavy atom. The van der Waals surface area contributed by atoms with Gasteiger partial charge in [0.15, 0.2) is 11.5 Å². The lowest BCUT2D eigenvalue weighted by Gasteiger charge is -2.11. The maximum absolute atomic E-state index is 5.68. The highest BCUT2D eigenvalue weighted by Gasteiger charge is 2.05. The molecule has 1 N–H and O–H groups in total. The number of thiazole rings is 1. The van der Waals surface area contributed by atoms with E-state index in [1.165, 1.54) is 11.3 Å². The van der Waals surface area contributed by atoms with Crippen LogP contribution in [0.15, 0.2) is 28.7 Å². The summed E-state index contributed by atoms with van der Waals surface area (Å²) in [5.74, 6) is 1.51. The van der Waals surface area contributed by atoms with Crippen molar-refractivity contribution in [3.05, 3.63) is 34.8 Å². The number of aromatic nitrogens is 1. The van der Waals surface area contributed by atoms with E-state index in [0.717, 1.165) is 34.3 Å². The number of hydrazone groups is 1. The lowest BCUT2D eigenvalue weighted by molar-refractivity contribution is 0.277. The van der Waals surface area contributed by atoms with Crippen LogP contribution in [0.4, 0.5) is 5.13 Å². The van der Waals surface area contributed by atoms with Crippen LogP contribution in [0.3, 0.4) is 0 Å². The van der Waals surface area contributed by atoms with Gasteiger partial charge in [-0.1, -0.05) is 6.92 Å². The number of anilines is 1. The van der Waals surface area contributed by atoms with Gasteiger partial charge >= 0.3 is 0 Å². The van der Waals surface area contributed by atoms with Gasteiger partial charge in [-0.3, -0.25) is 5.43 Å². The normalized spacial score (nSPS) is 10.9. The molecule has 118 valence electrons. The monoisotopic (exact) mass is 319 g/mol. The number of hydrogen-bond acceptors (Lipinski definition) is 6. The average molecular weight is 319 g/mol.